The molecule has 190 valence electrons. The lowest BCUT2D eigenvalue weighted by Crippen LogP contribution is -2.63. The van der Waals surface area contributed by atoms with Gasteiger partial charge in [0, 0.05) is 6.54 Å². The van der Waals surface area contributed by atoms with Crippen LogP contribution < -0.4 is 5.32 Å². The lowest BCUT2D eigenvalue weighted by molar-refractivity contribution is -0.258. The number of likely N-dealkylation sites (N-methyl/N-ethyl adjacent to an activating group) is 1. The van der Waals surface area contributed by atoms with E-state index in [1.807, 2.05) is 98.0 Å². The van der Waals surface area contributed by atoms with Gasteiger partial charge in [0.1, 0.15) is 24.4 Å². The summed E-state index contributed by atoms with van der Waals surface area (Å²) in [6, 6.07) is 29.9. The highest BCUT2D eigenvalue weighted by Crippen LogP contribution is 2.31. The van der Waals surface area contributed by atoms with Crippen LogP contribution in [0.1, 0.15) is 23.6 Å². The molecule has 0 radical (unpaired) electrons. The maximum Gasteiger partial charge on any atom is 0.161 e. The monoisotopic (exact) mass is 489 g/mol. The van der Waals surface area contributed by atoms with Gasteiger partial charge in [0.2, 0.25) is 0 Å². The zero-order chi connectivity index (χ0) is 25.2. The van der Waals surface area contributed by atoms with Gasteiger partial charge in [0.05, 0.1) is 25.9 Å². The molecule has 0 spiro atoms. The Hall–Kier alpha value is -2.87. The van der Waals surface area contributed by atoms with Crippen molar-refractivity contribution in [3.63, 3.8) is 0 Å². The van der Waals surface area contributed by atoms with Gasteiger partial charge >= 0.3 is 0 Å². The second kappa shape index (κ2) is 13.4. The Morgan fingerprint density at radius 1 is 0.694 bits per heavy atom. The van der Waals surface area contributed by atoms with Crippen molar-refractivity contribution in [2.75, 3.05) is 13.6 Å². The minimum absolute atomic E-state index is 0.0935. The summed E-state index contributed by atoms with van der Waals surface area (Å²) in [5.41, 5.74) is 3.11. The first kappa shape index (κ1) is 26.2. The molecule has 0 aromatic heterocycles. The molecule has 3 aromatic carbocycles. The van der Waals surface area contributed by atoms with Gasteiger partial charge in [-0.25, -0.2) is 0 Å². The average molecular weight is 490 g/mol. The van der Waals surface area contributed by atoms with Crippen molar-refractivity contribution in [1.29, 1.82) is 0 Å². The van der Waals surface area contributed by atoms with E-state index in [9.17, 15) is 4.79 Å². The fourth-order valence-corrected chi connectivity index (χ4v) is 4.48. The molecule has 3 aromatic rings. The summed E-state index contributed by atoms with van der Waals surface area (Å²) in [6.07, 6.45) is -2.73. The number of carbonyl (C=O) groups is 1. The largest absolute Gasteiger partial charge is 0.368 e. The lowest BCUT2D eigenvalue weighted by Gasteiger charge is -2.45. The first-order valence-corrected chi connectivity index (χ1v) is 12.4. The molecule has 4 rings (SSSR count). The molecule has 0 amide bonds. The number of Topliss-reactive ketones (excluding diaryl/α,β-unsaturated/α-hetero) is 1. The van der Waals surface area contributed by atoms with Gasteiger partial charge in [-0.15, -0.1) is 0 Å². The van der Waals surface area contributed by atoms with Crippen LogP contribution in [-0.2, 0) is 43.6 Å². The van der Waals surface area contributed by atoms with Gasteiger partial charge in [-0.05, 0) is 30.7 Å². The van der Waals surface area contributed by atoms with Crippen LogP contribution in [0.4, 0.5) is 0 Å². The van der Waals surface area contributed by atoms with E-state index in [0.29, 0.717) is 26.4 Å². The molecule has 6 nitrogen and oxygen atoms in total. The van der Waals surface area contributed by atoms with Crippen LogP contribution in [0, 0.1) is 0 Å². The number of hydrogen-bond acceptors (Lipinski definition) is 6. The van der Waals surface area contributed by atoms with E-state index in [2.05, 4.69) is 5.32 Å². The van der Waals surface area contributed by atoms with E-state index in [-0.39, 0.29) is 11.9 Å². The predicted octanol–water partition coefficient (Wildman–Crippen LogP) is 4.32. The van der Waals surface area contributed by atoms with E-state index >= 15 is 0 Å². The van der Waals surface area contributed by atoms with Crippen molar-refractivity contribution in [2.24, 2.45) is 0 Å². The van der Waals surface area contributed by atoms with E-state index in [1.54, 1.807) is 6.92 Å². The van der Waals surface area contributed by atoms with Crippen molar-refractivity contribution in [3.05, 3.63) is 108 Å². The standard InChI is InChI=1S/C30H35NO5/c1-22(32)27-29(34-20-24-14-8-4-9-15-24)30(35-21-25-16-10-5-11-17-25)28(26(36-27)18-31-2)33-19-23-12-6-3-7-13-23/h3-17,26-31H,18-21H2,1-2H3/t26-,27-,28+,29-,30-/m1/s1. The second-order valence-corrected chi connectivity index (χ2v) is 9.05. The third-order valence-electron chi connectivity index (χ3n) is 6.30. The van der Waals surface area contributed by atoms with E-state index < -0.39 is 24.4 Å². The van der Waals surface area contributed by atoms with Gasteiger partial charge in [-0.3, -0.25) is 4.79 Å². The number of benzene rings is 3. The SMILES string of the molecule is CNC[C@H]1O[C@H](C(C)=O)[C@@H](OCc2ccccc2)[C@H](OCc2ccccc2)[C@H]1OCc1ccccc1. The molecule has 1 aliphatic heterocycles. The maximum absolute atomic E-state index is 12.8. The quantitative estimate of drug-likeness (QED) is 0.409. The van der Waals surface area contributed by atoms with Crippen molar-refractivity contribution >= 4 is 5.78 Å². The highest BCUT2D eigenvalue weighted by molar-refractivity contribution is 5.81. The molecule has 36 heavy (non-hydrogen) atoms. The third kappa shape index (κ3) is 7.09. The first-order chi connectivity index (χ1) is 17.7. The Balaban J connectivity index is 1.61. The summed E-state index contributed by atoms with van der Waals surface area (Å²) in [4.78, 5) is 12.8. The van der Waals surface area contributed by atoms with Crippen molar-refractivity contribution in [1.82, 2.24) is 5.32 Å². The van der Waals surface area contributed by atoms with Crippen LogP contribution in [0.25, 0.3) is 0 Å². The Labute approximate surface area is 213 Å². The highest BCUT2D eigenvalue weighted by atomic mass is 16.6. The summed E-state index contributed by atoms with van der Waals surface area (Å²) < 4.78 is 25.7. The molecule has 1 N–H and O–H groups in total. The number of ketones is 1. The summed E-state index contributed by atoms with van der Waals surface area (Å²) in [5, 5.41) is 3.18. The summed E-state index contributed by atoms with van der Waals surface area (Å²) in [5.74, 6) is -0.0935. The molecule has 1 fully saturated rings. The lowest BCUT2D eigenvalue weighted by atomic mass is 9.92. The Morgan fingerprint density at radius 2 is 1.11 bits per heavy atom. The summed E-state index contributed by atoms with van der Waals surface area (Å²) in [7, 11) is 1.86. The van der Waals surface area contributed by atoms with Crippen LogP contribution >= 0.6 is 0 Å². The van der Waals surface area contributed by atoms with Gasteiger partial charge in [0.25, 0.3) is 0 Å². The minimum atomic E-state index is -0.760. The molecule has 0 unspecified atom stereocenters. The van der Waals surface area contributed by atoms with Crippen molar-refractivity contribution < 1.29 is 23.7 Å². The number of carbonyl (C=O) groups excluding carboxylic acids is 1. The van der Waals surface area contributed by atoms with E-state index in [4.69, 9.17) is 18.9 Å². The maximum atomic E-state index is 12.8. The van der Waals surface area contributed by atoms with Gasteiger partial charge in [0.15, 0.2) is 5.78 Å². The minimum Gasteiger partial charge on any atom is -0.368 e. The Morgan fingerprint density at radius 3 is 1.53 bits per heavy atom. The molecule has 6 heteroatoms. The molecular formula is C30H35NO5. The molecule has 5 atom stereocenters. The fourth-order valence-electron chi connectivity index (χ4n) is 4.48. The van der Waals surface area contributed by atoms with Crippen LogP contribution in [0.5, 0.6) is 0 Å². The molecule has 0 bridgehead atoms. The van der Waals surface area contributed by atoms with Crippen LogP contribution in [-0.4, -0.2) is 49.9 Å². The summed E-state index contributed by atoms with van der Waals surface area (Å²) in [6.45, 7) is 3.17. The molecule has 0 saturated carbocycles. The second-order valence-electron chi connectivity index (χ2n) is 9.05. The zero-order valence-electron chi connectivity index (χ0n) is 20.9. The number of ether oxygens (including phenoxy) is 4. The van der Waals surface area contributed by atoms with Crippen molar-refractivity contribution in [2.45, 2.75) is 57.3 Å². The average Bonchev–Trinajstić information content (AvgIpc) is 2.92. The molecule has 1 aliphatic rings. The van der Waals surface area contributed by atoms with Crippen molar-refractivity contribution in [3.8, 4) is 0 Å². The van der Waals surface area contributed by atoms with Gasteiger partial charge in [-0.2, -0.15) is 0 Å². The number of hydrogen-bond donors (Lipinski definition) is 1. The summed E-state index contributed by atoms with van der Waals surface area (Å²) >= 11 is 0. The Bertz CT molecular complexity index is 1050. The van der Waals surface area contributed by atoms with E-state index in [1.165, 1.54) is 0 Å². The van der Waals surface area contributed by atoms with Crippen LogP contribution in [0.15, 0.2) is 91.0 Å². The van der Waals surface area contributed by atoms with Crippen LogP contribution in [0.2, 0.25) is 0 Å². The number of rotatable bonds is 12. The normalized spacial score (nSPS) is 23.9. The predicted molar refractivity (Wildman–Crippen MR) is 138 cm³/mol. The topological polar surface area (TPSA) is 66.0 Å². The smallest absolute Gasteiger partial charge is 0.161 e. The van der Waals surface area contributed by atoms with Crippen LogP contribution in [0.3, 0.4) is 0 Å². The van der Waals surface area contributed by atoms with E-state index in [0.717, 1.165) is 16.7 Å². The molecule has 1 heterocycles. The fraction of sp³-hybridized carbons (Fsp3) is 0.367. The molecule has 0 aliphatic carbocycles. The Kier molecular flexibility index (Phi) is 9.78. The molecular weight excluding hydrogens is 454 g/mol. The zero-order valence-corrected chi connectivity index (χ0v) is 20.9. The number of nitrogens with one attached hydrogen (secondary N) is 1. The van der Waals surface area contributed by atoms with Gasteiger partial charge in [-0.1, -0.05) is 91.0 Å². The van der Waals surface area contributed by atoms with Gasteiger partial charge < -0.3 is 24.3 Å². The first-order valence-electron chi connectivity index (χ1n) is 12.4. The highest BCUT2D eigenvalue weighted by Gasteiger charge is 2.49. The third-order valence-corrected chi connectivity index (χ3v) is 6.30. The molecule has 1 saturated heterocycles.